The highest BCUT2D eigenvalue weighted by molar-refractivity contribution is 9.10. The zero-order chi connectivity index (χ0) is 75.2. The van der Waals surface area contributed by atoms with Gasteiger partial charge in [-0.25, -0.2) is 4.98 Å². The van der Waals surface area contributed by atoms with Gasteiger partial charge in [0, 0.05) is 143 Å². The fourth-order valence-corrected chi connectivity index (χ4v) is 11.7. The van der Waals surface area contributed by atoms with Gasteiger partial charge in [0.15, 0.2) is 0 Å². The fourth-order valence-electron chi connectivity index (χ4n) is 11.1. The van der Waals surface area contributed by atoms with Gasteiger partial charge in [-0.15, -0.1) is 0 Å². The Kier molecular flexibility index (Phi) is 38.5. The maximum absolute atomic E-state index is 6.12. The molecule has 7 aromatic rings. The van der Waals surface area contributed by atoms with Crippen LogP contribution in [0.15, 0.2) is 157 Å². The highest BCUT2D eigenvalue weighted by Gasteiger charge is 2.28. The highest BCUT2D eigenvalue weighted by Crippen LogP contribution is 2.31. The molecule has 0 unspecified atom stereocenters. The Bertz CT molecular complexity index is 3110. The van der Waals surface area contributed by atoms with Crippen LogP contribution >= 0.6 is 39.1 Å². The van der Waals surface area contributed by atoms with Crippen molar-refractivity contribution in [2.24, 2.45) is 0 Å². The lowest BCUT2D eigenvalue weighted by Crippen LogP contribution is -2.46. The normalized spacial score (nSPS) is 11.9. The van der Waals surface area contributed by atoms with E-state index in [4.69, 9.17) is 23.2 Å². The van der Waals surface area contributed by atoms with Crippen LogP contribution in [0.4, 0.5) is 28.6 Å². The molecule has 548 valence electrons. The van der Waals surface area contributed by atoms with E-state index < -0.39 is 0 Å². The van der Waals surface area contributed by atoms with Crippen LogP contribution in [0.2, 0.25) is 10.0 Å². The number of pyridine rings is 5. The zero-order valence-electron chi connectivity index (χ0n) is 66.9. The summed E-state index contributed by atoms with van der Waals surface area (Å²) in [5.41, 5.74) is 8.30. The molecule has 1 aromatic carbocycles. The van der Waals surface area contributed by atoms with Crippen LogP contribution in [0.3, 0.4) is 0 Å². The Hall–Kier alpha value is -5.77. The molecule has 0 saturated heterocycles. The first-order chi connectivity index (χ1) is 45.1. The third-order valence-electron chi connectivity index (χ3n) is 15.8. The molecule has 1 N–H and O–H groups in total. The van der Waals surface area contributed by atoms with Crippen LogP contribution in [-0.2, 0) is 13.1 Å². The third-order valence-corrected chi connectivity index (χ3v) is 17.2. The van der Waals surface area contributed by atoms with E-state index in [1.807, 2.05) is 98.1 Å². The van der Waals surface area contributed by atoms with E-state index in [9.17, 15) is 0 Å². The van der Waals surface area contributed by atoms with E-state index >= 15 is 0 Å². The van der Waals surface area contributed by atoms with Crippen LogP contribution in [0.5, 0.6) is 0 Å². The average Bonchev–Trinajstić information content (AvgIpc) is 0.961. The van der Waals surface area contributed by atoms with Gasteiger partial charge in [0.1, 0.15) is 5.82 Å². The molecule has 0 atom stereocenters. The van der Waals surface area contributed by atoms with E-state index in [0.717, 1.165) is 52.9 Å². The molecule has 0 spiro atoms. The molecule has 16 heteroatoms. The summed E-state index contributed by atoms with van der Waals surface area (Å²) in [6.07, 6.45) is 20.8. The van der Waals surface area contributed by atoms with Crippen LogP contribution in [0.25, 0.3) is 0 Å². The first kappa shape index (κ1) is 90.2. The van der Waals surface area contributed by atoms with Crippen LogP contribution < -0.4 is 24.5 Å². The maximum Gasteiger partial charge on any atom is 0.129 e. The van der Waals surface area contributed by atoms with Crippen molar-refractivity contribution < 1.29 is 0 Å². The molecule has 0 aliphatic rings. The molecule has 6 heterocycles. The minimum absolute atomic E-state index is 0.0700. The van der Waals surface area contributed by atoms with Crippen LogP contribution in [-0.4, -0.2) is 124 Å². The van der Waals surface area contributed by atoms with Gasteiger partial charge in [0.25, 0.3) is 0 Å². The molecule has 98 heavy (non-hydrogen) atoms. The Balaban J connectivity index is 0.000000573. The molecule has 0 fully saturated rings. The molecule has 7 rings (SSSR count). The van der Waals surface area contributed by atoms with Gasteiger partial charge in [-0.3, -0.25) is 29.7 Å². The lowest BCUT2D eigenvalue weighted by Gasteiger charge is -2.41. The molecular formula is C82H134BrCl2N13. The Morgan fingerprint density at radius 2 is 0.949 bits per heavy atom. The summed E-state index contributed by atoms with van der Waals surface area (Å²) >= 11 is 15.5. The lowest BCUT2D eigenvalue weighted by molar-refractivity contribution is 0.128. The van der Waals surface area contributed by atoms with Crippen molar-refractivity contribution in [2.45, 2.75) is 284 Å². The number of halogens is 3. The van der Waals surface area contributed by atoms with Crippen molar-refractivity contribution in [1.82, 2.24) is 39.7 Å². The van der Waals surface area contributed by atoms with Crippen molar-refractivity contribution >= 4 is 67.7 Å². The quantitative estimate of drug-likeness (QED) is 0.0996. The number of nitrogens with one attached hydrogen (secondary N) is 1. The number of nitrogens with zero attached hydrogens (tertiary/aromatic N) is 12. The second-order valence-corrected chi connectivity index (χ2v) is 34.4. The third kappa shape index (κ3) is 34.5. The lowest BCUT2D eigenvalue weighted by atomic mass is 10.0. The van der Waals surface area contributed by atoms with E-state index in [-0.39, 0.29) is 38.8 Å². The monoisotopic (exact) mass is 1450 g/mol. The summed E-state index contributed by atoms with van der Waals surface area (Å²) in [7, 11) is 4.22. The first-order valence-corrected chi connectivity index (χ1v) is 36.8. The summed E-state index contributed by atoms with van der Waals surface area (Å²) in [4.78, 5) is 40.4. The maximum atomic E-state index is 6.12. The predicted molar refractivity (Wildman–Crippen MR) is 435 cm³/mol. The van der Waals surface area contributed by atoms with Crippen molar-refractivity contribution in [3.63, 3.8) is 0 Å². The summed E-state index contributed by atoms with van der Waals surface area (Å²) in [5, 5.41) is 1.47. The van der Waals surface area contributed by atoms with Gasteiger partial charge in [0.05, 0.1) is 45.7 Å². The van der Waals surface area contributed by atoms with E-state index in [2.05, 4.69) is 337 Å². The molecule has 6 aromatic heterocycles. The van der Waals surface area contributed by atoms with Crippen LogP contribution in [0, 0.1) is 0 Å². The number of aromatic amines is 1. The Labute approximate surface area is 617 Å². The number of hydrogen-bond acceptors (Lipinski definition) is 12. The van der Waals surface area contributed by atoms with Crippen LogP contribution in [0.1, 0.15) is 225 Å². The van der Waals surface area contributed by atoms with Gasteiger partial charge in [0.2, 0.25) is 0 Å². The summed E-state index contributed by atoms with van der Waals surface area (Å²) in [6.45, 7) is 68.2. The average molecular weight is 1450 g/mol. The minimum Gasteiger partial charge on any atom is -0.369 e. The van der Waals surface area contributed by atoms with Gasteiger partial charge in [-0.05, 0) is 314 Å². The molecule has 0 radical (unpaired) electrons. The standard InChI is InChI=1S/C14H21BrClN.C12H19ClN2.3C12H20N2.C10H18N2.C10H16N2/c1-5-8-17(14(2,3)4)10-11-6-7-12(15)13(16)9-11;1-9(2)15(12(3,4)5)11-6-10(13)7-14-8-11;1-10(2)14(12(3,4)5)11-7-6-8-13-9-11;1-10(2)14(12(3,4)5)11-8-6-7-9-13-11;1-5-10-14(12(2,3)4)11-6-8-13-9-7-11;1-10(2,3)12(4)8-9-6-5-7-11-9;1-10(2,3)12(4)9-6-5-7-11-8-9/h6-7,9H,5,8,10H2,1-4H3;6-9H,1-5H3;2*6-10H,1-5H3;6-9H,5,10H2,1-4H3;5-7,11H,8H2,1-4H3;5-8H,1-4H3. The van der Waals surface area contributed by atoms with E-state index in [1.165, 1.54) is 35.5 Å². The number of anilines is 5. The molecular weight excluding hydrogens is 1320 g/mol. The molecule has 0 aliphatic carbocycles. The van der Waals surface area contributed by atoms with Gasteiger partial charge in [-0.1, -0.05) is 49.2 Å². The van der Waals surface area contributed by atoms with Crippen molar-refractivity contribution in [2.75, 3.05) is 51.7 Å². The van der Waals surface area contributed by atoms with Gasteiger partial charge in [-0.2, -0.15) is 0 Å². The molecule has 13 nitrogen and oxygen atoms in total. The summed E-state index contributed by atoms with van der Waals surface area (Å²) in [6, 6.07) is 32.0. The number of benzene rings is 1. The minimum atomic E-state index is 0.0700. The predicted octanol–water partition coefficient (Wildman–Crippen LogP) is 22.7. The zero-order valence-corrected chi connectivity index (χ0v) is 70.0. The summed E-state index contributed by atoms with van der Waals surface area (Å²) < 4.78 is 0.959. The highest BCUT2D eigenvalue weighted by atomic mass is 79.9. The fraction of sp³-hybridized carbons (Fsp3) is 0.573. The Morgan fingerprint density at radius 3 is 1.34 bits per heavy atom. The topological polar surface area (TPSA) is 103 Å². The molecule has 0 bridgehead atoms. The van der Waals surface area contributed by atoms with Crippen molar-refractivity contribution in [3.8, 4) is 0 Å². The molecule has 0 aliphatic heterocycles. The number of hydrogen-bond donors (Lipinski definition) is 1. The van der Waals surface area contributed by atoms with Crippen molar-refractivity contribution in [3.05, 3.63) is 179 Å². The number of aromatic nitrogens is 6. The SMILES string of the molecule is CC(C)N(c1ccccn1)C(C)(C)C.CC(C)N(c1cccnc1)C(C)(C)C.CC(C)N(c1cncc(Cl)c1)C(C)(C)C.CCCN(Cc1ccc(Br)c(Cl)c1)C(C)(C)C.CCCN(c1ccncc1)C(C)(C)C.CN(Cc1ccc[nH]1)C(C)(C)C.CN(c1cccnc1)C(C)(C)C. The number of rotatable bonds is 16. The smallest absolute Gasteiger partial charge is 0.129 e. The Morgan fingerprint density at radius 1 is 0.439 bits per heavy atom. The second-order valence-electron chi connectivity index (χ2n) is 32.7. The van der Waals surface area contributed by atoms with E-state index in [1.54, 1.807) is 12.4 Å². The summed E-state index contributed by atoms with van der Waals surface area (Å²) in [5.74, 6) is 1.05. The second kappa shape index (κ2) is 41.8. The molecule has 0 saturated carbocycles. The number of H-pyrrole nitrogens is 1. The largest absolute Gasteiger partial charge is 0.369 e. The van der Waals surface area contributed by atoms with Gasteiger partial charge < -0.3 is 29.5 Å². The molecule has 0 amide bonds. The van der Waals surface area contributed by atoms with Gasteiger partial charge >= 0.3 is 0 Å². The van der Waals surface area contributed by atoms with Crippen molar-refractivity contribution in [1.29, 1.82) is 0 Å². The van der Waals surface area contributed by atoms with E-state index in [0.29, 0.717) is 23.1 Å². The first-order valence-electron chi connectivity index (χ1n) is 35.2.